The van der Waals surface area contributed by atoms with Crippen LogP contribution in [0.15, 0.2) is 24.3 Å². The summed E-state index contributed by atoms with van der Waals surface area (Å²) < 4.78 is 0. The molecule has 1 aliphatic heterocycles. The number of piperazine rings is 1. The Balaban J connectivity index is 0.000000771. The van der Waals surface area contributed by atoms with E-state index in [0.29, 0.717) is 6.04 Å². The first kappa shape index (κ1) is 15.0. The lowest BCUT2D eigenvalue weighted by Crippen LogP contribution is -2.48. The first-order chi connectivity index (χ1) is 8.66. The van der Waals surface area contributed by atoms with E-state index in [1.165, 1.54) is 24.3 Å². The van der Waals surface area contributed by atoms with Crippen molar-refractivity contribution in [3.05, 3.63) is 29.8 Å². The van der Waals surface area contributed by atoms with Crippen molar-refractivity contribution in [2.45, 2.75) is 40.7 Å². The summed E-state index contributed by atoms with van der Waals surface area (Å²) in [6.45, 7) is 15.4. The normalized spacial score (nSPS) is 16.4. The maximum Gasteiger partial charge on any atom is 0.0369 e. The zero-order chi connectivity index (χ0) is 13.5. The second-order valence-corrected chi connectivity index (χ2v) is 4.96. The molecule has 0 atom stereocenters. The van der Waals surface area contributed by atoms with Crippen molar-refractivity contribution in [2.24, 2.45) is 0 Å². The molecule has 1 aliphatic rings. The predicted octanol–water partition coefficient (Wildman–Crippen LogP) is 3.55. The van der Waals surface area contributed by atoms with Crippen LogP contribution in [0.5, 0.6) is 0 Å². The highest BCUT2D eigenvalue weighted by Gasteiger charge is 2.18. The Labute approximate surface area is 113 Å². The number of hydrogen-bond acceptors (Lipinski definition) is 2. The molecule has 1 aromatic rings. The highest BCUT2D eigenvalue weighted by molar-refractivity contribution is 5.48. The number of benzene rings is 1. The van der Waals surface area contributed by atoms with Crippen LogP contribution in [0.4, 0.5) is 5.69 Å². The van der Waals surface area contributed by atoms with Crippen molar-refractivity contribution in [2.75, 3.05) is 31.1 Å². The smallest absolute Gasteiger partial charge is 0.0369 e. The van der Waals surface area contributed by atoms with Crippen LogP contribution in [0.3, 0.4) is 0 Å². The van der Waals surface area contributed by atoms with Gasteiger partial charge in [-0.25, -0.2) is 0 Å². The van der Waals surface area contributed by atoms with E-state index in [1.807, 2.05) is 13.8 Å². The van der Waals surface area contributed by atoms with Crippen LogP contribution < -0.4 is 4.90 Å². The van der Waals surface area contributed by atoms with Gasteiger partial charge in [0.25, 0.3) is 0 Å². The van der Waals surface area contributed by atoms with Gasteiger partial charge in [0, 0.05) is 37.9 Å². The van der Waals surface area contributed by atoms with Crippen LogP contribution in [0, 0.1) is 6.92 Å². The standard InChI is InChI=1S/C14H22N2.C2H6/c1-12(2)15-7-9-16(10-8-15)14-6-4-5-13(3)11-14;1-2/h4-6,11-12H,7-10H2,1-3H3;1-2H3. The van der Waals surface area contributed by atoms with Crippen LogP contribution in [-0.2, 0) is 0 Å². The molecule has 18 heavy (non-hydrogen) atoms. The lowest BCUT2D eigenvalue weighted by atomic mass is 10.2. The second-order valence-electron chi connectivity index (χ2n) is 4.96. The van der Waals surface area contributed by atoms with Crippen LogP contribution >= 0.6 is 0 Å². The van der Waals surface area contributed by atoms with Crippen molar-refractivity contribution >= 4 is 5.69 Å². The average Bonchev–Trinajstić information content (AvgIpc) is 2.41. The molecule has 0 bridgehead atoms. The first-order valence-electron chi connectivity index (χ1n) is 7.22. The quantitative estimate of drug-likeness (QED) is 0.789. The molecule has 0 unspecified atom stereocenters. The Hall–Kier alpha value is -1.02. The van der Waals surface area contributed by atoms with E-state index in [-0.39, 0.29) is 0 Å². The van der Waals surface area contributed by atoms with E-state index in [2.05, 4.69) is 54.8 Å². The highest BCUT2D eigenvalue weighted by Crippen LogP contribution is 2.18. The van der Waals surface area contributed by atoms with Crippen molar-refractivity contribution < 1.29 is 0 Å². The first-order valence-corrected chi connectivity index (χ1v) is 7.22. The van der Waals surface area contributed by atoms with Gasteiger partial charge >= 0.3 is 0 Å². The van der Waals surface area contributed by atoms with Crippen LogP contribution in [0.25, 0.3) is 0 Å². The van der Waals surface area contributed by atoms with Gasteiger partial charge in [0.05, 0.1) is 0 Å². The lowest BCUT2D eigenvalue weighted by Gasteiger charge is -2.38. The summed E-state index contributed by atoms with van der Waals surface area (Å²) in [5.74, 6) is 0. The fourth-order valence-electron chi connectivity index (χ4n) is 2.32. The van der Waals surface area contributed by atoms with Gasteiger partial charge in [-0.15, -0.1) is 0 Å². The van der Waals surface area contributed by atoms with E-state index in [9.17, 15) is 0 Å². The molecule has 1 fully saturated rings. The fraction of sp³-hybridized carbons (Fsp3) is 0.625. The van der Waals surface area contributed by atoms with E-state index >= 15 is 0 Å². The summed E-state index contributed by atoms with van der Waals surface area (Å²) in [6.07, 6.45) is 0. The molecule has 0 saturated carbocycles. The third-order valence-electron chi connectivity index (χ3n) is 3.41. The molecule has 0 amide bonds. The van der Waals surface area contributed by atoms with Gasteiger partial charge in [0.2, 0.25) is 0 Å². The summed E-state index contributed by atoms with van der Waals surface area (Å²) in [7, 11) is 0. The lowest BCUT2D eigenvalue weighted by molar-refractivity contribution is 0.209. The van der Waals surface area contributed by atoms with Crippen molar-refractivity contribution in [1.29, 1.82) is 0 Å². The molecule has 0 spiro atoms. The molecular formula is C16H28N2. The van der Waals surface area contributed by atoms with E-state index < -0.39 is 0 Å². The fourth-order valence-corrected chi connectivity index (χ4v) is 2.32. The molecule has 1 saturated heterocycles. The maximum absolute atomic E-state index is 2.55. The minimum Gasteiger partial charge on any atom is -0.369 e. The number of aryl methyl sites for hydroxylation is 1. The molecular weight excluding hydrogens is 220 g/mol. The van der Waals surface area contributed by atoms with Gasteiger partial charge in [0.15, 0.2) is 0 Å². The van der Waals surface area contributed by atoms with Crippen LogP contribution in [0.2, 0.25) is 0 Å². The number of rotatable bonds is 2. The van der Waals surface area contributed by atoms with Crippen molar-refractivity contribution in [1.82, 2.24) is 4.90 Å². The van der Waals surface area contributed by atoms with Crippen LogP contribution in [0.1, 0.15) is 33.3 Å². The van der Waals surface area contributed by atoms with Gasteiger partial charge in [-0.05, 0) is 38.5 Å². The summed E-state index contributed by atoms with van der Waals surface area (Å²) in [4.78, 5) is 5.04. The number of nitrogens with zero attached hydrogens (tertiary/aromatic N) is 2. The summed E-state index contributed by atoms with van der Waals surface area (Å²) in [5.41, 5.74) is 2.73. The summed E-state index contributed by atoms with van der Waals surface area (Å²) in [6, 6.07) is 9.50. The van der Waals surface area contributed by atoms with Crippen LogP contribution in [-0.4, -0.2) is 37.1 Å². The highest BCUT2D eigenvalue weighted by atomic mass is 15.3. The average molecular weight is 248 g/mol. The molecule has 0 aliphatic carbocycles. The summed E-state index contributed by atoms with van der Waals surface area (Å²) in [5, 5.41) is 0. The monoisotopic (exact) mass is 248 g/mol. The van der Waals surface area contributed by atoms with Gasteiger partial charge in [0.1, 0.15) is 0 Å². The zero-order valence-electron chi connectivity index (χ0n) is 12.6. The van der Waals surface area contributed by atoms with Gasteiger partial charge in [-0.3, -0.25) is 4.90 Å². The molecule has 0 aromatic heterocycles. The third kappa shape index (κ3) is 4.02. The number of hydrogen-bond donors (Lipinski definition) is 0. The topological polar surface area (TPSA) is 6.48 Å². The van der Waals surface area contributed by atoms with Gasteiger partial charge in [-0.2, -0.15) is 0 Å². The van der Waals surface area contributed by atoms with Crippen molar-refractivity contribution in [3.63, 3.8) is 0 Å². The molecule has 2 heteroatoms. The molecule has 2 nitrogen and oxygen atoms in total. The van der Waals surface area contributed by atoms with Gasteiger partial charge < -0.3 is 4.90 Å². The second kappa shape index (κ2) is 7.42. The Morgan fingerprint density at radius 2 is 1.61 bits per heavy atom. The largest absolute Gasteiger partial charge is 0.369 e. The molecule has 1 aromatic carbocycles. The minimum absolute atomic E-state index is 0.680. The molecule has 0 N–H and O–H groups in total. The Kier molecular flexibility index (Phi) is 6.20. The molecule has 1 heterocycles. The van der Waals surface area contributed by atoms with E-state index in [0.717, 1.165) is 13.1 Å². The molecule has 0 radical (unpaired) electrons. The Morgan fingerprint density at radius 1 is 1.00 bits per heavy atom. The van der Waals surface area contributed by atoms with Gasteiger partial charge in [-0.1, -0.05) is 26.0 Å². The molecule has 2 rings (SSSR count). The molecule has 102 valence electrons. The Morgan fingerprint density at radius 3 is 2.11 bits per heavy atom. The zero-order valence-corrected chi connectivity index (χ0v) is 12.6. The van der Waals surface area contributed by atoms with E-state index in [1.54, 1.807) is 0 Å². The summed E-state index contributed by atoms with van der Waals surface area (Å²) >= 11 is 0. The Bertz CT molecular complexity index is 339. The van der Waals surface area contributed by atoms with E-state index in [4.69, 9.17) is 0 Å². The third-order valence-corrected chi connectivity index (χ3v) is 3.41. The predicted molar refractivity (Wildman–Crippen MR) is 81.4 cm³/mol. The maximum atomic E-state index is 2.55. The number of anilines is 1. The minimum atomic E-state index is 0.680. The SMILES string of the molecule is CC.Cc1cccc(N2CCN(C(C)C)CC2)c1. The van der Waals surface area contributed by atoms with Crippen molar-refractivity contribution in [3.8, 4) is 0 Å².